The molecule has 1 unspecified atom stereocenters. The molecule has 1 saturated heterocycles. The summed E-state index contributed by atoms with van der Waals surface area (Å²) in [7, 11) is 0. The molecule has 0 aliphatic carbocycles. The molecule has 3 N–H and O–H groups in total. The fourth-order valence-electron chi connectivity index (χ4n) is 2.73. The van der Waals surface area contributed by atoms with Gasteiger partial charge in [-0.3, -0.25) is 9.59 Å². The lowest BCUT2D eigenvalue weighted by Crippen LogP contribution is -2.49. The Kier molecular flexibility index (Phi) is 6.53. The number of rotatable bonds is 5. The molecule has 2 amide bonds. The minimum absolute atomic E-state index is 0.0400. The fraction of sp³-hybridized carbons (Fsp3) is 0.500. The minimum Gasteiger partial charge on any atom is -0.354 e. The molecular formula is C16H21BrFN3O2. The number of nitrogens with two attached hydrogens (primary N) is 1. The van der Waals surface area contributed by atoms with Gasteiger partial charge >= 0.3 is 0 Å². The van der Waals surface area contributed by atoms with Crippen molar-refractivity contribution in [3.05, 3.63) is 34.1 Å². The first-order valence-corrected chi connectivity index (χ1v) is 8.55. The van der Waals surface area contributed by atoms with E-state index < -0.39 is 5.82 Å². The minimum atomic E-state index is -0.397. The average molecular weight is 386 g/mol. The number of hydrogen-bond donors (Lipinski definition) is 2. The zero-order valence-electron chi connectivity index (χ0n) is 12.9. The van der Waals surface area contributed by atoms with Gasteiger partial charge in [-0.05, 0) is 53.4 Å². The molecule has 5 nitrogen and oxygen atoms in total. The molecule has 0 bridgehead atoms. The SMILES string of the molecule is NCCC(=O)NCC1CCCCN1C(=O)c1ccc(F)c(Br)c1. The first-order valence-electron chi connectivity index (χ1n) is 7.75. The van der Waals surface area contributed by atoms with Gasteiger partial charge in [0.25, 0.3) is 5.91 Å². The number of likely N-dealkylation sites (tertiary alicyclic amines) is 1. The third-order valence-electron chi connectivity index (χ3n) is 3.96. The smallest absolute Gasteiger partial charge is 0.254 e. The number of nitrogens with one attached hydrogen (secondary N) is 1. The van der Waals surface area contributed by atoms with E-state index in [1.54, 1.807) is 4.90 Å². The Bertz CT molecular complexity index is 582. The van der Waals surface area contributed by atoms with E-state index in [0.717, 1.165) is 19.3 Å². The van der Waals surface area contributed by atoms with Crippen LogP contribution in [0.2, 0.25) is 0 Å². The molecule has 0 aromatic heterocycles. The van der Waals surface area contributed by atoms with Crippen molar-refractivity contribution in [3.63, 3.8) is 0 Å². The number of piperidine rings is 1. The van der Waals surface area contributed by atoms with Gasteiger partial charge in [-0.25, -0.2) is 4.39 Å². The van der Waals surface area contributed by atoms with Gasteiger partial charge in [0.05, 0.1) is 4.47 Å². The standard InChI is InChI=1S/C16H21BrFN3O2/c17-13-9-11(4-5-14(13)18)16(23)21-8-2-1-3-12(21)10-20-15(22)6-7-19/h4-5,9,12H,1-3,6-8,10,19H2,(H,20,22). The predicted octanol–water partition coefficient (Wildman–Crippen LogP) is 2.05. The van der Waals surface area contributed by atoms with Crippen LogP contribution in [0, 0.1) is 5.82 Å². The summed E-state index contributed by atoms with van der Waals surface area (Å²) in [5.74, 6) is -0.635. The lowest BCUT2D eigenvalue weighted by Gasteiger charge is -2.36. The Morgan fingerprint density at radius 3 is 2.87 bits per heavy atom. The van der Waals surface area contributed by atoms with E-state index in [1.165, 1.54) is 18.2 Å². The molecule has 1 aromatic rings. The molecule has 1 aromatic carbocycles. The normalized spacial score (nSPS) is 17.9. The van der Waals surface area contributed by atoms with Crippen molar-refractivity contribution < 1.29 is 14.0 Å². The summed E-state index contributed by atoms with van der Waals surface area (Å²) in [5.41, 5.74) is 5.80. The number of nitrogens with zero attached hydrogens (tertiary/aromatic N) is 1. The third-order valence-corrected chi connectivity index (χ3v) is 4.57. The number of carbonyl (C=O) groups excluding carboxylic acids is 2. The maximum atomic E-state index is 13.3. The first kappa shape index (κ1) is 17.9. The third kappa shape index (κ3) is 4.75. The molecule has 0 spiro atoms. The quantitative estimate of drug-likeness (QED) is 0.814. The molecule has 23 heavy (non-hydrogen) atoms. The van der Waals surface area contributed by atoms with E-state index >= 15 is 0 Å². The molecule has 126 valence electrons. The molecule has 1 aliphatic rings. The number of carbonyl (C=O) groups is 2. The van der Waals surface area contributed by atoms with Gasteiger partial charge in [-0.15, -0.1) is 0 Å². The van der Waals surface area contributed by atoms with Gasteiger partial charge in [0.1, 0.15) is 5.82 Å². The topological polar surface area (TPSA) is 75.4 Å². The maximum Gasteiger partial charge on any atom is 0.254 e. The lowest BCUT2D eigenvalue weighted by molar-refractivity contribution is -0.121. The molecule has 1 atom stereocenters. The van der Waals surface area contributed by atoms with Crippen LogP contribution in [0.3, 0.4) is 0 Å². The van der Waals surface area contributed by atoms with Crippen LogP contribution in [0.15, 0.2) is 22.7 Å². The van der Waals surface area contributed by atoms with Crippen LogP contribution in [-0.2, 0) is 4.79 Å². The molecular weight excluding hydrogens is 365 g/mol. The summed E-state index contributed by atoms with van der Waals surface area (Å²) in [6.45, 7) is 1.38. The van der Waals surface area contributed by atoms with Crippen LogP contribution in [0.1, 0.15) is 36.0 Å². The van der Waals surface area contributed by atoms with Crippen molar-refractivity contribution in [3.8, 4) is 0 Å². The van der Waals surface area contributed by atoms with Crippen molar-refractivity contribution >= 4 is 27.7 Å². The van der Waals surface area contributed by atoms with Gasteiger partial charge in [0.15, 0.2) is 0 Å². The summed E-state index contributed by atoms with van der Waals surface area (Å²) < 4.78 is 13.6. The van der Waals surface area contributed by atoms with E-state index in [4.69, 9.17) is 5.73 Å². The largest absolute Gasteiger partial charge is 0.354 e. The number of hydrogen-bond acceptors (Lipinski definition) is 3. The van der Waals surface area contributed by atoms with E-state index in [2.05, 4.69) is 21.2 Å². The van der Waals surface area contributed by atoms with Gasteiger partial charge < -0.3 is 16.0 Å². The Hall–Kier alpha value is -1.47. The van der Waals surface area contributed by atoms with Gasteiger partial charge in [-0.2, -0.15) is 0 Å². The molecule has 2 rings (SSSR count). The Morgan fingerprint density at radius 1 is 1.39 bits per heavy atom. The molecule has 7 heteroatoms. The summed E-state index contributed by atoms with van der Waals surface area (Å²) in [4.78, 5) is 26.0. The highest BCUT2D eigenvalue weighted by Gasteiger charge is 2.28. The van der Waals surface area contributed by atoms with E-state index in [0.29, 0.717) is 25.2 Å². The highest BCUT2D eigenvalue weighted by molar-refractivity contribution is 9.10. The molecule has 1 fully saturated rings. The summed E-state index contributed by atoms with van der Waals surface area (Å²) in [5, 5.41) is 2.83. The van der Waals surface area contributed by atoms with Crippen LogP contribution in [-0.4, -0.2) is 42.4 Å². The van der Waals surface area contributed by atoms with E-state index in [9.17, 15) is 14.0 Å². The van der Waals surface area contributed by atoms with Gasteiger partial charge in [-0.1, -0.05) is 0 Å². The highest BCUT2D eigenvalue weighted by Crippen LogP contribution is 2.22. The van der Waals surface area contributed by atoms with E-state index in [-0.39, 0.29) is 28.7 Å². The van der Waals surface area contributed by atoms with Crippen molar-refractivity contribution in [1.82, 2.24) is 10.2 Å². The van der Waals surface area contributed by atoms with Crippen molar-refractivity contribution in [2.45, 2.75) is 31.7 Å². The lowest BCUT2D eigenvalue weighted by atomic mass is 10.0. The fourth-order valence-corrected chi connectivity index (χ4v) is 3.11. The van der Waals surface area contributed by atoms with Gasteiger partial charge in [0.2, 0.25) is 5.91 Å². The maximum absolute atomic E-state index is 13.3. The second kappa shape index (κ2) is 8.40. The van der Waals surface area contributed by atoms with Crippen molar-refractivity contribution in [2.75, 3.05) is 19.6 Å². The van der Waals surface area contributed by atoms with Crippen LogP contribution in [0.5, 0.6) is 0 Å². The van der Waals surface area contributed by atoms with Crippen molar-refractivity contribution in [2.24, 2.45) is 5.73 Å². The predicted molar refractivity (Wildman–Crippen MR) is 89.5 cm³/mol. The van der Waals surface area contributed by atoms with E-state index in [1.807, 2.05) is 0 Å². The van der Waals surface area contributed by atoms with Gasteiger partial charge in [0, 0.05) is 37.7 Å². The average Bonchev–Trinajstić information content (AvgIpc) is 2.55. The van der Waals surface area contributed by atoms with Crippen LogP contribution in [0.25, 0.3) is 0 Å². The Labute approximate surface area is 143 Å². The highest BCUT2D eigenvalue weighted by atomic mass is 79.9. The van der Waals surface area contributed by atoms with Crippen LogP contribution in [0.4, 0.5) is 4.39 Å². The zero-order chi connectivity index (χ0) is 16.8. The number of amides is 2. The molecule has 0 radical (unpaired) electrons. The second-order valence-electron chi connectivity index (χ2n) is 5.62. The molecule has 1 heterocycles. The Morgan fingerprint density at radius 2 is 2.17 bits per heavy atom. The van der Waals surface area contributed by atoms with Crippen molar-refractivity contribution in [1.29, 1.82) is 0 Å². The summed E-state index contributed by atoms with van der Waals surface area (Å²) in [6.07, 6.45) is 3.08. The summed E-state index contributed by atoms with van der Waals surface area (Å²) in [6, 6.07) is 4.22. The molecule has 0 saturated carbocycles. The monoisotopic (exact) mass is 385 g/mol. The summed E-state index contributed by atoms with van der Waals surface area (Å²) >= 11 is 3.11. The second-order valence-corrected chi connectivity index (χ2v) is 6.47. The number of halogens is 2. The zero-order valence-corrected chi connectivity index (χ0v) is 14.4. The van der Waals surface area contributed by atoms with Crippen LogP contribution < -0.4 is 11.1 Å². The Balaban J connectivity index is 2.06. The van der Waals surface area contributed by atoms with Crippen LogP contribution >= 0.6 is 15.9 Å². The first-order chi connectivity index (χ1) is 11.0. The molecule has 1 aliphatic heterocycles. The number of benzene rings is 1.